The number of rotatable bonds is 10. The number of fused-ring (bicyclic) bond motifs is 1. The number of nitro benzene ring substituents is 1. The molecular formula is C27H21BrIN3O6. The van der Waals surface area contributed by atoms with E-state index in [-0.39, 0.29) is 18.1 Å². The summed E-state index contributed by atoms with van der Waals surface area (Å²) in [6.45, 7) is 3.91. The normalized spacial score (nSPS) is 11.0. The highest BCUT2D eigenvalue weighted by atomic mass is 127. The number of nitrogens with one attached hydrogen (secondary N) is 1. The molecule has 0 unspecified atom stereocenters. The summed E-state index contributed by atoms with van der Waals surface area (Å²) in [6, 6.07) is 15.2. The zero-order valence-electron chi connectivity index (χ0n) is 20.1. The molecular weight excluding hydrogens is 669 g/mol. The van der Waals surface area contributed by atoms with Crippen molar-refractivity contribution >= 4 is 67.3 Å². The van der Waals surface area contributed by atoms with E-state index in [1.165, 1.54) is 25.5 Å². The first-order valence-corrected chi connectivity index (χ1v) is 13.1. The van der Waals surface area contributed by atoms with Crippen molar-refractivity contribution in [1.29, 1.82) is 0 Å². The minimum atomic E-state index is -0.487. The number of non-ortho nitro benzene ring substituents is 1. The van der Waals surface area contributed by atoms with Gasteiger partial charge in [-0.05, 0) is 70.5 Å². The average molecular weight is 690 g/mol. The maximum absolute atomic E-state index is 12.6. The minimum absolute atomic E-state index is 0.0109. The lowest BCUT2D eigenvalue weighted by Crippen LogP contribution is -2.16. The number of hydrogen-bond acceptors (Lipinski definition) is 7. The second-order valence-electron chi connectivity index (χ2n) is 8.04. The smallest absolute Gasteiger partial charge is 0.307 e. The van der Waals surface area contributed by atoms with Gasteiger partial charge in [0.25, 0.3) is 5.69 Å². The highest BCUT2D eigenvalue weighted by Gasteiger charge is 2.16. The Morgan fingerprint density at radius 2 is 2.08 bits per heavy atom. The monoisotopic (exact) mass is 689 g/mol. The first-order valence-electron chi connectivity index (χ1n) is 11.2. The molecule has 0 aliphatic carbocycles. The molecule has 194 valence electrons. The van der Waals surface area contributed by atoms with Crippen LogP contribution in [0.2, 0.25) is 0 Å². The van der Waals surface area contributed by atoms with Crippen LogP contribution in [0.25, 0.3) is 11.0 Å². The summed E-state index contributed by atoms with van der Waals surface area (Å²) in [7, 11) is 1.51. The third-order valence-electron chi connectivity index (χ3n) is 5.38. The topological polar surface area (TPSA) is 116 Å². The Hall–Kier alpha value is -3.71. The number of nitrogens with zero attached hydrogens (tertiary/aromatic N) is 2. The van der Waals surface area contributed by atoms with Crippen LogP contribution in [0.3, 0.4) is 0 Å². The van der Waals surface area contributed by atoms with Crippen molar-refractivity contribution in [1.82, 2.24) is 5.43 Å². The molecule has 0 aliphatic heterocycles. The molecule has 1 N–H and O–H groups in total. The van der Waals surface area contributed by atoms with Gasteiger partial charge in [-0.15, -0.1) is 6.58 Å². The third kappa shape index (κ3) is 6.40. The Bertz CT molecular complexity index is 1570. The molecule has 9 nitrogen and oxygen atoms in total. The van der Waals surface area contributed by atoms with E-state index in [9.17, 15) is 14.9 Å². The molecule has 0 spiro atoms. The first-order chi connectivity index (χ1) is 18.3. The zero-order valence-corrected chi connectivity index (χ0v) is 23.8. The van der Waals surface area contributed by atoms with E-state index in [0.717, 1.165) is 19.0 Å². The van der Waals surface area contributed by atoms with Crippen LogP contribution in [0.5, 0.6) is 11.5 Å². The number of methoxy groups -OCH3 is 1. The summed E-state index contributed by atoms with van der Waals surface area (Å²) < 4.78 is 19.0. The molecule has 0 fully saturated rings. The fourth-order valence-electron chi connectivity index (χ4n) is 3.70. The Morgan fingerprint density at radius 3 is 2.82 bits per heavy atom. The van der Waals surface area contributed by atoms with E-state index in [0.29, 0.717) is 34.6 Å². The lowest BCUT2D eigenvalue weighted by atomic mass is 10.1. The molecule has 4 aromatic rings. The molecule has 1 heterocycles. The maximum Gasteiger partial charge on any atom is 0.307 e. The lowest BCUT2D eigenvalue weighted by Gasteiger charge is -2.16. The number of hydrazone groups is 1. The van der Waals surface area contributed by atoms with Gasteiger partial charge in [0.15, 0.2) is 17.3 Å². The van der Waals surface area contributed by atoms with Crippen molar-refractivity contribution in [2.24, 2.45) is 5.10 Å². The van der Waals surface area contributed by atoms with E-state index in [2.05, 4.69) is 55.6 Å². The van der Waals surface area contributed by atoms with Crippen molar-refractivity contribution in [3.8, 4) is 11.5 Å². The van der Waals surface area contributed by atoms with Crippen LogP contribution in [-0.2, 0) is 13.0 Å². The number of benzene rings is 3. The molecule has 0 bridgehead atoms. The van der Waals surface area contributed by atoms with Crippen molar-refractivity contribution in [3.05, 3.63) is 108 Å². The van der Waals surface area contributed by atoms with Crippen LogP contribution in [-0.4, -0.2) is 24.2 Å². The van der Waals surface area contributed by atoms with Crippen LogP contribution in [0.4, 0.5) is 5.69 Å². The lowest BCUT2D eigenvalue weighted by molar-refractivity contribution is -0.384. The molecule has 11 heteroatoms. The number of hydrogen-bond donors (Lipinski definition) is 1. The average Bonchev–Trinajstić information content (AvgIpc) is 3.32. The van der Waals surface area contributed by atoms with E-state index in [1.807, 2.05) is 18.2 Å². The van der Waals surface area contributed by atoms with Crippen LogP contribution < -0.4 is 14.9 Å². The highest BCUT2D eigenvalue weighted by molar-refractivity contribution is 14.1. The van der Waals surface area contributed by atoms with Crippen LogP contribution in [0.15, 0.2) is 81.2 Å². The summed E-state index contributed by atoms with van der Waals surface area (Å²) in [5.74, 6) is 0.589. The quantitative estimate of drug-likeness (QED) is 0.0645. The van der Waals surface area contributed by atoms with Gasteiger partial charge in [0.2, 0.25) is 0 Å². The summed E-state index contributed by atoms with van der Waals surface area (Å²) >= 11 is 5.59. The van der Waals surface area contributed by atoms with Gasteiger partial charge >= 0.3 is 5.91 Å². The van der Waals surface area contributed by atoms with E-state index in [4.69, 9.17) is 13.9 Å². The van der Waals surface area contributed by atoms with Gasteiger partial charge in [-0.1, -0.05) is 34.1 Å². The number of ether oxygens (including phenoxy) is 2. The number of halogens is 2. The van der Waals surface area contributed by atoms with Gasteiger partial charge in [0.1, 0.15) is 12.2 Å². The first kappa shape index (κ1) is 27.3. The number of carbonyl (C=O) groups is 1. The fourth-order valence-corrected chi connectivity index (χ4v) is 5.36. The van der Waals surface area contributed by atoms with Gasteiger partial charge in [-0.2, -0.15) is 5.10 Å². The molecule has 0 saturated carbocycles. The largest absolute Gasteiger partial charge is 0.493 e. The molecule has 0 aliphatic rings. The summed E-state index contributed by atoms with van der Waals surface area (Å²) in [5, 5.41) is 15.9. The maximum atomic E-state index is 12.6. The Balaban J connectivity index is 1.51. The molecule has 0 radical (unpaired) electrons. The second kappa shape index (κ2) is 12.2. The molecule has 3 aromatic carbocycles. The third-order valence-corrected chi connectivity index (χ3v) is 6.64. The molecule has 0 atom stereocenters. The number of furan rings is 1. The number of allylic oxidation sites excluding steroid dienone is 1. The Labute approximate surface area is 239 Å². The Morgan fingerprint density at radius 1 is 1.26 bits per heavy atom. The summed E-state index contributed by atoms with van der Waals surface area (Å²) in [6.07, 6.45) is 3.68. The van der Waals surface area contributed by atoms with Gasteiger partial charge in [0, 0.05) is 27.6 Å². The summed E-state index contributed by atoms with van der Waals surface area (Å²) in [4.78, 5) is 23.2. The van der Waals surface area contributed by atoms with Gasteiger partial charge in [-0.25, -0.2) is 5.43 Å². The van der Waals surface area contributed by atoms with Crippen LogP contribution >= 0.6 is 38.5 Å². The van der Waals surface area contributed by atoms with E-state index >= 15 is 0 Å². The summed E-state index contributed by atoms with van der Waals surface area (Å²) in [5.41, 5.74) is 5.17. The molecule has 1 aromatic heterocycles. The SMILES string of the molecule is C=CCc1cc(/C=N\NC(=O)c2cc3cc(Br)cc(I)c3o2)cc(OC)c1OCc1cccc([N+](=O)[O-])c1. The fraction of sp³-hybridized carbons (Fsp3) is 0.111. The standard InChI is InChI=1S/C27H21BrIN3O6/c1-3-5-18-8-17(10-23(36-2)26(18)37-15-16-6-4-7-21(9-16)32(34)35)14-30-31-27(33)24-12-19-11-20(28)13-22(29)25(19)38-24/h3-4,6-14H,1,5,15H2,2H3,(H,31,33)/b30-14-. The Kier molecular flexibility index (Phi) is 8.79. The number of amides is 1. The second-order valence-corrected chi connectivity index (χ2v) is 10.1. The molecule has 4 rings (SSSR count). The predicted octanol–water partition coefficient (Wildman–Crippen LogP) is 6.79. The van der Waals surface area contributed by atoms with Crippen molar-refractivity contribution in [2.75, 3.05) is 7.11 Å². The highest BCUT2D eigenvalue weighted by Crippen LogP contribution is 2.34. The van der Waals surface area contributed by atoms with Crippen LogP contribution in [0, 0.1) is 13.7 Å². The zero-order chi connectivity index (χ0) is 27.2. The predicted molar refractivity (Wildman–Crippen MR) is 156 cm³/mol. The van der Waals surface area contributed by atoms with Crippen molar-refractivity contribution < 1.29 is 23.6 Å². The minimum Gasteiger partial charge on any atom is -0.493 e. The van der Waals surface area contributed by atoms with Gasteiger partial charge in [0.05, 0.1) is 21.8 Å². The number of nitro groups is 1. The van der Waals surface area contributed by atoms with Crippen molar-refractivity contribution in [2.45, 2.75) is 13.0 Å². The number of carbonyl (C=O) groups excluding carboxylic acids is 1. The molecule has 0 saturated heterocycles. The van der Waals surface area contributed by atoms with E-state index < -0.39 is 10.8 Å². The van der Waals surface area contributed by atoms with Gasteiger partial charge < -0.3 is 13.9 Å². The van der Waals surface area contributed by atoms with E-state index in [1.54, 1.807) is 30.3 Å². The molecule has 38 heavy (non-hydrogen) atoms. The molecule has 1 amide bonds. The van der Waals surface area contributed by atoms with Crippen LogP contribution in [0.1, 0.15) is 27.2 Å². The van der Waals surface area contributed by atoms with Gasteiger partial charge in [-0.3, -0.25) is 14.9 Å². The van der Waals surface area contributed by atoms with Crippen molar-refractivity contribution in [3.63, 3.8) is 0 Å².